The Morgan fingerprint density at radius 1 is 1.42 bits per heavy atom. The average molecular weight is 180 g/mol. The summed E-state index contributed by atoms with van der Waals surface area (Å²) in [5.74, 6) is -2.97. The Labute approximate surface area is 70.5 Å². The highest BCUT2D eigenvalue weighted by atomic mass is 19.3. The van der Waals surface area contributed by atoms with Gasteiger partial charge in [-0.2, -0.15) is 0 Å². The van der Waals surface area contributed by atoms with Crippen molar-refractivity contribution in [1.82, 2.24) is 0 Å². The molecule has 1 saturated heterocycles. The number of hydrogen-bond acceptors (Lipinski definition) is 2. The molecule has 4 heteroatoms. The number of hydrogen-bond donors (Lipinski definition) is 1. The predicted molar refractivity (Wildman–Crippen MR) is 40.2 cm³/mol. The SMILES string of the molecule is OCC(F)(F)CC1CCCCO1. The van der Waals surface area contributed by atoms with Crippen molar-refractivity contribution in [2.24, 2.45) is 0 Å². The summed E-state index contributed by atoms with van der Waals surface area (Å²) >= 11 is 0. The van der Waals surface area contributed by atoms with Crippen LogP contribution < -0.4 is 0 Å². The Balaban J connectivity index is 2.28. The third-order valence-corrected chi connectivity index (χ3v) is 2.03. The molecule has 0 aromatic rings. The summed E-state index contributed by atoms with van der Waals surface area (Å²) in [6.07, 6.45) is 1.90. The standard InChI is InChI=1S/C8H14F2O2/c9-8(10,6-11)5-7-3-1-2-4-12-7/h7,11H,1-6H2. The third-order valence-electron chi connectivity index (χ3n) is 2.03. The lowest BCUT2D eigenvalue weighted by atomic mass is 10.0. The molecule has 0 radical (unpaired) electrons. The van der Waals surface area contributed by atoms with Crippen molar-refractivity contribution in [3.8, 4) is 0 Å². The second-order valence-corrected chi connectivity index (χ2v) is 3.21. The molecule has 1 heterocycles. The van der Waals surface area contributed by atoms with Crippen molar-refractivity contribution in [2.75, 3.05) is 13.2 Å². The zero-order chi connectivity index (χ0) is 9.03. The molecular weight excluding hydrogens is 166 g/mol. The van der Waals surface area contributed by atoms with Crippen molar-refractivity contribution in [3.63, 3.8) is 0 Å². The predicted octanol–water partition coefficient (Wildman–Crippen LogP) is 1.57. The van der Waals surface area contributed by atoms with Gasteiger partial charge in [0, 0.05) is 13.0 Å². The molecule has 1 N–H and O–H groups in total. The molecule has 0 aromatic heterocycles. The molecule has 0 spiro atoms. The van der Waals surface area contributed by atoms with Crippen LogP contribution in [0.15, 0.2) is 0 Å². The van der Waals surface area contributed by atoms with Gasteiger partial charge in [-0.15, -0.1) is 0 Å². The molecule has 1 atom stereocenters. The summed E-state index contributed by atoms with van der Waals surface area (Å²) in [6.45, 7) is -0.501. The molecule has 0 saturated carbocycles. The van der Waals surface area contributed by atoms with E-state index in [4.69, 9.17) is 9.84 Å². The molecular formula is C8H14F2O2. The van der Waals surface area contributed by atoms with Gasteiger partial charge in [0.1, 0.15) is 6.61 Å². The molecule has 1 aliphatic rings. The van der Waals surface area contributed by atoms with Crippen molar-refractivity contribution in [2.45, 2.75) is 37.7 Å². The fraction of sp³-hybridized carbons (Fsp3) is 1.00. The Morgan fingerprint density at radius 2 is 2.17 bits per heavy atom. The maximum atomic E-state index is 12.6. The summed E-state index contributed by atoms with van der Waals surface area (Å²) in [5.41, 5.74) is 0. The molecule has 0 bridgehead atoms. The van der Waals surface area contributed by atoms with Gasteiger partial charge in [-0.05, 0) is 19.3 Å². The second-order valence-electron chi connectivity index (χ2n) is 3.21. The summed E-state index contributed by atoms with van der Waals surface area (Å²) < 4.78 is 30.3. The van der Waals surface area contributed by atoms with Crippen LogP contribution in [0.25, 0.3) is 0 Å². The lowest BCUT2D eigenvalue weighted by Crippen LogP contribution is -2.31. The quantitative estimate of drug-likeness (QED) is 0.714. The van der Waals surface area contributed by atoms with Gasteiger partial charge < -0.3 is 9.84 Å². The summed E-state index contributed by atoms with van der Waals surface area (Å²) in [6, 6.07) is 0. The van der Waals surface area contributed by atoms with E-state index in [1.165, 1.54) is 0 Å². The highest BCUT2D eigenvalue weighted by Gasteiger charge is 2.32. The highest BCUT2D eigenvalue weighted by molar-refractivity contribution is 4.73. The monoisotopic (exact) mass is 180 g/mol. The van der Waals surface area contributed by atoms with Crippen LogP contribution in [0.3, 0.4) is 0 Å². The Kier molecular flexibility index (Phi) is 3.40. The summed E-state index contributed by atoms with van der Waals surface area (Å²) in [5, 5.41) is 8.32. The number of halogens is 2. The van der Waals surface area contributed by atoms with Crippen molar-refractivity contribution in [3.05, 3.63) is 0 Å². The van der Waals surface area contributed by atoms with Gasteiger partial charge in [0.15, 0.2) is 0 Å². The van der Waals surface area contributed by atoms with Crippen molar-refractivity contribution in [1.29, 1.82) is 0 Å². The van der Waals surface area contributed by atoms with E-state index < -0.39 is 12.5 Å². The summed E-state index contributed by atoms with van der Waals surface area (Å²) in [7, 11) is 0. The van der Waals surface area contributed by atoms with Crippen molar-refractivity contribution >= 4 is 0 Å². The highest BCUT2D eigenvalue weighted by Crippen LogP contribution is 2.25. The molecule has 12 heavy (non-hydrogen) atoms. The molecule has 1 rings (SSSR count). The summed E-state index contributed by atoms with van der Waals surface area (Å²) in [4.78, 5) is 0. The average Bonchev–Trinajstić information content (AvgIpc) is 2.06. The van der Waals surface area contributed by atoms with Crippen molar-refractivity contribution < 1.29 is 18.6 Å². The van der Waals surface area contributed by atoms with Crippen LogP contribution in [0.2, 0.25) is 0 Å². The second kappa shape index (κ2) is 4.14. The van der Waals surface area contributed by atoms with E-state index >= 15 is 0 Å². The fourth-order valence-corrected chi connectivity index (χ4v) is 1.37. The van der Waals surface area contributed by atoms with Gasteiger partial charge in [0.2, 0.25) is 0 Å². The first-order valence-corrected chi connectivity index (χ1v) is 4.24. The minimum atomic E-state index is -2.97. The van der Waals surface area contributed by atoms with E-state index in [-0.39, 0.29) is 12.5 Å². The molecule has 0 aliphatic carbocycles. The molecule has 1 aliphatic heterocycles. The zero-order valence-electron chi connectivity index (χ0n) is 6.93. The maximum Gasteiger partial charge on any atom is 0.273 e. The van der Waals surface area contributed by atoms with Gasteiger partial charge in [0.05, 0.1) is 6.10 Å². The van der Waals surface area contributed by atoms with Crippen LogP contribution in [0, 0.1) is 0 Å². The van der Waals surface area contributed by atoms with Gasteiger partial charge in [-0.3, -0.25) is 0 Å². The number of ether oxygens (including phenoxy) is 1. The topological polar surface area (TPSA) is 29.5 Å². The lowest BCUT2D eigenvalue weighted by Gasteiger charge is -2.25. The van der Waals surface area contributed by atoms with E-state index in [9.17, 15) is 8.78 Å². The first-order valence-electron chi connectivity index (χ1n) is 4.24. The smallest absolute Gasteiger partial charge is 0.273 e. The number of aliphatic hydroxyl groups excluding tert-OH is 1. The molecule has 0 aromatic carbocycles. The van der Waals surface area contributed by atoms with E-state index in [1.54, 1.807) is 0 Å². The first kappa shape index (κ1) is 9.86. The fourth-order valence-electron chi connectivity index (χ4n) is 1.37. The van der Waals surface area contributed by atoms with Gasteiger partial charge in [-0.25, -0.2) is 8.78 Å². The molecule has 1 fully saturated rings. The first-order chi connectivity index (χ1) is 5.64. The van der Waals surface area contributed by atoms with Crippen LogP contribution >= 0.6 is 0 Å². The van der Waals surface area contributed by atoms with Gasteiger partial charge in [0.25, 0.3) is 5.92 Å². The van der Waals surface area contributed by atoms with Gasteiger partial charge >= 0.3 is 0 Å². The Morgan fingerprint density at radius 3 is 2.67 bits per heavy atom. The normalized spacial score (nSPS) is 25.8. The molecule has 1 unspecified atom stereocenters. The van der Waals surface area contributed by atoms with Crippen LogP contribution in [0.1, 0.15) is 25.7 Å². The minimum Gasteiger partial charge on any atom is -0.390 e. The van der Waals surface area contributed by atoms with E-state index in [1.807, 2.05) is 0 Å². The van der Waals surface area contributed by atoms with Crippen LogP contribution in [-0.4, -0.2) is 30.3 Å². The minimum absolute atomic E-state index is 0.344. The van der Waals surface area contributed by atoms with E-state index in [0.717, 1.165) is 12.8 Å². The third kappa shape index (κ3) is 3.03. The number of aliphatic hydroxyl groups is 1. The van der Waals surface area contributed by atoms with E-state index in [2.05, 4.69) is 0 Å². The molecule has 72 valence electrons. The largest absolute Gasteiger partial charge is 0.390 e. The van der Waals surface area contributed by atoms with Crippen LogP contribution in [0.5, 0.6) is 0 Å². The molecule has 0 amide bonds. The lowest BCUT2D eigenvalue weighted by molar-refractivity contribution is -0.104. The number of rotatable bonds is 3. The molecule has 2 nitrogen and oxygen atoms in total. The van der Waals surface area contributed by atoms with E-state index in [0.29, 0.717) is 13.0 Å². The number of alkyl halides is 2. The van der Waals surface area contributed by atoms with Crippen LogP contribution in [-0.2, 0) is 4.74 Å². The maximum absolute atomic E-state index is 12.6. The zero-order valence-corrected chi connectivity index (χ0v) is 6.93. The van der Waals surface area contributed by atoms with Gasteiger partial charge in [-0.1, -0.05) is 0 Å². The Hall–Kier alpha value is -0.220. The Bertz CT molecular complexity index is 133. The van der Waals surface area contributed by atoms with Crippen LogP contribution in [0.4, 0.5) is 8.78 Å².